The first-order chi connectivity index (χ1) is 11.2. The number of hydrogen-bond acceptors (Lipinski definition) is 5. The predicted molar refractivity (Wildman–Crippen MR) is 87.4 cm³/mol. The van der Waals surface area contributed by atoms with E-state index in [9.17, 15) is 5.11 Å². The second-order valence-corrected chi connectivity index (χ2v) is 6.31. The van der Waals surface area contributed by atoms with E-state index in [2.05, 4.69) is 32.6 Å². The fraction of sp³-hybridized carbons (Fsp3) is 0.353. The highest BCUT2D eigenvalue weighted by Crippen LogP contribution is 2.43. The standard InChI is InChI=1S/C17H19N5O/c1-12-20-15(7-16-21-19-11-22(12)16)18-10-17(8-14(23)9-17)13-5-3-2-4-6-13/h2-7,11,14,18,23H,8-10H2,1H3. The zero-order chi connectivity index (χ0) is 15.9. The summed E-state index contributed by atoms with van der Waals surface area (Å²) in [5, 5.41) is 21.3. The average Bonchev–Trinajstić information content (AvgIpc) is 3.00. The Morgan fingerprint density at radius 1 is 1.30 bits per heavy atom. The van der Waals surface area contributed by atoms with Crippen molar-refractivity contribution in [1.82, 2.24) is 19.6 Å². The van der Waals surface area contributed by atoms with E-state index in [1.807, 2.05) is 35.6 Å². The highest BCUT2D eigenvalue weighted by molar-refractivity contribution is 5.50. The first kappa shape index (κ1) is 14.1. The summed E-state index contributed by atoms with van der Waals surface area (Å²) >= 11 is 0. The molecule has 1 aliphatic rings. The van der Waals surface area contributed by atoms with Crippen molar-refractivity contribution in [2.24, 2.45) is 0 Å². The van der Waals surface area contributed by atoms with E-state index in [-0.39, 0.29) is 11.5 Å². The molecule has 6 nitrogen and oxygen atoms in total. The number of nitrogens with zero attached hydrogens (tertiary/aromatic N) is 4. The molecule has 0 saturated heterocycles. The van der Waals surface area contributed by atoms with E-state index >= 15 is 0 Å². The fourth-order valence-corrected chi connectivity index (χ4v) is 3.44. The summed E-state index contributed by atoms with van der Waals surface area (Å²) in [5.74, 6) is 1.64. The Balaban J connectivity index is 1.58. The number of hydrogen-bond donors (Lipinski definition) is 2. The van der Waals surface area contributed by atoms with Crippen LogP contribution < -0.4 is 5.32 Å². The average molecular weight is 309 g/mol. The van der Waals surface area contributed by atoms with Crippen molar-refractivity contribution in [3.8, 4) is 0 Å². The smallest absolute Gasteiger partial charge is 0.165 e. The van der Waals surface area contributed by atoms with Crippen molar-refractivity contribution >= 4 is 11.5 Å². The van der Waals surface area contributed by atoms with E-state index in [4.69, 9.17) is 0 Å². The van der Waals surface area contributed by atoms with Crippen LogP contribution in [0.2, 0.25) is 0 Å². The minimum absolute atomic E-state index is 0.0317. The van der Waals surface area contributed by atoms with Crippen molar-refractivity contribution < 1.29 is 5.11 Å². The van der Waals surface area contributed by atoms with Gasteiger partial charge in [-0.25, -0.2) is 4.98 Å². The molecule has 2 N–H and O–H groups in total. The molecule has 1 aliphatic carbocycles. The first-order valence-electron chi connectivity index (χ1n) is 7.81. The van der Waals surface area contributed by atoms with Crippen LogP contribution in [-0.4, -0.2) is 37.3 Å². The Hall–Kier alpha value is -2.47. The predicted octanol–water partition coefficient (Wildman–Crippen LogP) is 1.94. The number of aryl methyl sites for hydroxylation is 1. The van der Waals surface area contributed by atoms with E-state index in [1.54, 1.807) is 6.33 Å². The minimum Gasteiger partial charge on any atom is -0.393 e. The van der Waals surface area contributed by atoms with Gasteiger partial charge in [0, 0.05) is 18.0 Å². The molecule has 6 heteroatoms. The van der Waals surface area contributed by atoms with Gasteiger partial charge in [-0.3, -0.25) is 4.40 Å². The Kier molecular flexibility index (Phi) is 3.27. The third-order valence-electron chi connectivity index (χ3n) is 4.72. The van der Waals surface area contributed by atoms with Gasteiger partial charge in [-0.05, 0) is 25.3 Å². The van der Waals surface area contributed by atoms with Crippen LogP contribution in [-0.2, 0) is 5.41 Å². The number of rotatable bonds is 4. The lowest BCUT2D eigenvalue weighted by atomic mass is 9.62. The number of benzene rings is 1. The minimum atomic E-state index is -0.217. The summed E-state index contributed by atoms with van der Waals surface area (Å²) < 4.78 is 1.85. The van der Waals surface area contributed by atoms with Crippen molar-refractivity contribution in [2.75, 3.05) is 11.9 Å². The number of aromatic nitrogens is 4. The summed E-state index contributed by atoms with van der Waals surface area (Å²) in [7, 11) is 0. The topological polar surface area (TPSA) is 75.3 Å². The lowest BCUT2D eigenvalue weighted by Gasteiger charge is -2.46. The number of nitrogens with one attached hydrogen (secondary N) is 1. The monoisotopic (exact) mass is 309 g/mol. The lowest BCUT2D eigenvalue weighted by molar-refractivity contribution is 0.0242. The largest absolute Gasteiger partial charge is 0.393 e. The number of aliphatic hydroxyl groups excluding tert-OH is 1. The van der Waals surface area contributed by atoms with Gasteiger partial charge in [-0.2, -0.15) is 0 Å². The SMILES string of the molecule is Cc1nc(NCC2(c3ccccc3)CC(O)C2)cc2nncn12. The van der Waals surface area contributed by atoms with Crippen LogP contribution in [0.4, 0.5) is 5.82 Å². The molecule has 118 valence electrons. The van der Waals surface area contributed by atoms with Crippen molar-refractivity contribution in [3.63, 3.8) is 0 Å². The van der Waals surface area contributed by atoms with E-state index in [0.29, 0.717) is 0 Å². The lowest BCUT2D eigenvalue weighted by Crippen LogP contribution is -2.49. The molecule has 1 aromatic carbocycles. The second kappa shape index (κ2) is 5.31. The number of fused-ring (bicyclic) bond motifs is 1. The van der Waals surface area contributed by atoms with Gasteiger partial charge >= 0.3 is 0 Å². The van der Waals surface area contributed by atoms with Gasteiger partial charge in [0.15, 0.2) is 5.65 Å². The third kappa shape index (κ3) is 2.45. The molecule has 0 unspecified atom stereocenters. The molecule has 1 saturated carbocycles. The third-order valence-corrected chi connectivity index (χ3v) is 4.72. The van der Waals surface area contributed by atoms with E-state index in [1.165, 1.54) is 5.56 Å². The fourth-order valence-electron chi connectivity index (χ4n) is 3.44. The molecule has 0 amide bonds. The molecule has 1 fully saturated rings. The molecule has 2 heterocycles. The maximum Gasteiger partial charge on any atom is 0.165 e. The van der Waals surface area contributed by atoms with Gasteiger partial charge in [0.1, 0.15) is 18.0 Å². The molecule has 0 aliphatic heterocycles. The molecule has 23 heavy (non-hydrogen) atoms. The first-order valence-corrected chi connectivity index (χ1v) is 7.81. The molecule has 0 spiro atoms. The molecular weight excluding hydrogens is 290 g/mol. The van der Waals surface area contributed by atoms with Crippen molar-refractivity contribution in [3.05, 3.63) is 54.1 Å². The maximum absolute atomic E-state index is 9.83. The maximum atomic E-state index is 9.83. The van der Waals surface area contributed by atoms with E-state index < -0.39 is 0 Å². The van der Waals surface area contributed by atoms with Gasteiger partial charge in [0.05, 0.1) is 6.10 Å². The summed E-state index contributed by atoms with van der Waals surface area (Å²) in [6.45, 7) is 2.67. The van der Waals surface area contributed by atoms with Crippen molar-refractivity contribution in [1.29, 1.82) is 0 Å². The van der Waals surface area contributed by atoms with E-state index in [0.717, 1.165) is 36.7 Å². The molecular formula is C17H19N5O. The van der Waals surface area contributed by atoms with Gasteiger partial charge in [0.2, 0.25) is 0 Å². The van der Waals surface area contributed by atoms with Crippen LogP contribution in [0.5, 0.6) is 0 Å². The summed E-state index contributed by atoms with van der Waals surface area (Å²) in [6.07, 6.45) is 2.99. The van der Waals surface area contributed by atoms with Crippen LogP contribution in [0.25, 0.3) is 5.65 Å². The highest BCUT2D eigenvalue weighted by Gasteiger charge is 2.44. The summed E-state index contributed by atoms with van der Waals surface area (Å²) in [6, 6.07) is 12.3. The highest BCUT2D eigenvalue weighted by atomic mass is 16.3. The molecule has 0 atom stereocenters. The van der Waals surface area contributed by atoms with Gasteiger partial charge < -0.3 is 10.4 Å². The van der Waals surface area contributed by atoms with Crippen LogP contribution in [0.15, 0.2) is 42.7 Å². The van der Waals surface area contributed by atoms with Crippen LogP contribution >= 0.6 is 0 Å². The Labute approximate surface area is 134 Å². The van der Waals surface area contributed by atoms with Crippen LogP contribution in [0, 0.1) is 6.92 Å². The van der Waals surface area contributed by atoms with Crippen LogP contribution in [0.3, 0.4) is 0 Å². The number of aliphatic hydroxyl groups is 1. The zero-order valence-corrected chi connectivity index (χ0v) is 13.0. The number of anilines is 1. The van der Waals surface area contributed by atoms with Gasteiger partial charge in [-0.15, -0.1) is 10.2 Å². The van der Waals surface area contributed by atoms with Gasteiger partial charge in [0.25, 0.3) is 0 Å². The van der Waals surface area contributed by atoms with Gasteiger partial charge in [-0.1, -0.05) is 30.3 Å². The quantitative estimate of drug-likeness (QED) is 0.770. The van der Waals surface area contributed by atoms with Crippen LogP contribution in [0.1, 0.15) is 24.2 Å². The molecule has 4 rings (SSSR count). The molecule has 3 aromatic rings. The Bertz CT molecular complexity index is 823. The van der Waals surface area contributed by atoms with Crippen molar-refractivity contribution in [2.45, 2.75) is 31.3 Å². The molecule has 2 aromatic heterocycles. The summed E-state index contributed by atoms with van der Waals surface area (Å²) in [5.41, 5.74) is 2.01. The normalized spacial score (nSPS) is 23.7. The second-order valence-electron chi connectivity index (χ2n) is 6.31. The Morgan fingerprint density at radius 2 is 2.09 bits per heavy atom. The molecule has 0 bridgehead atoms. The molecule has 0 radical (unpaired) electrons. The Morgan fingerprint density at radius 3 is 2.83 bits per heavy atom. The zero-order valence-electron chi connectivity index (χ0n) is 13.0. The summed E-state index contributed by atoms with van der Waals surface area (Å²) in [4.78, 5) is 4.56.